The molecule has 2 aromatic carbocycles. The standard InChI is InChI=1S/C20H23N5O4S2/c1-13(2)25-19(14-7-9-16(29-3)10-8-14)23-24-20(25)30-12-18(26)22-15-5-4-6-17(11-15)31(21,27)28/h4-11,13H,12H2,1-3H3,(H,22,26)(H2,21,27,28). The topological polar surface area (TPSA) is 129 Å². The van der Waals surface area contributed by atoms with Crippen LogP contribution in [0.15, 0.2) is 58.6 Å². The SMILES string of the molecule is COc1ccc(-c2nnc(SCC(=O)Nc3cccc(S(N)(=O)=O)c3)n2C(C)C)cc1. The van der Waals surface area contributed by atoms with Crippen molar-refractivity contribution in [3.8, 4) is 17.1 Å². The third kappa shape index (κ3) is 5.63. The summed E-state index contributed by atoms with van der Waals surface area (Å²) < 4.78 is 30.1. The zero-order valence-electron chi connectivity index (χ0n) is 17.3. The highest BCUT2D eigenvalue weighted by molar-refractivity contribution is 7.99. The molecular weight excluding hydrogens is 438 g/mol. The Balaban J connectivity index is 1.73. The number of primary sulfonamides is 1. The highest BCUT2D eigenvalue weighted by Gasteiger charge is 2.18. The smallest absolute Gasteiger partial charge is 0.238 e. The van der Waals surface area contributed by atoms with Gasteiger partial charge in [0.25, 0.3) is 0 Å². The number of hydrogen-bond acceptors (Lipinski definition) is 7. The van der Waals surface area contributed by atoms with Crippen LogP contribution in [-0.4, -0.2) is 42.0 Å². The number of nitrogens with one attached hydrogen (secondary N) is 1. The first-order valence-electron chi connectivity index (χ1n) is 9.34. The maximum atomic E-state index is 12.4. The fourth-order valence-corrected chi connectivity index (χ4v) is 4.28. The summed E-state index contributed by atoms with van der Waals surface area (Å²) in [7, 11) is -2.24. The second kappa shape index (κ2) is 9.50. The molecule has 31 heavy (non-hydrogen) atoms. The number of amides is 1. The van der Waals surface area contributed by atoms with Gasteiger partial charge >= 0.3 is 0 Å². The van der Waals surface area contributed by atoms with Crippen molar-refractivity contribution in [3.05, 3.63) is 48.5 Å². The van der Waals surface area contributed by atoms with E-state index in [1.165, 1.54) is 30.0 Å². The lowest BCUT2D eigenvalue weighted by Gasteiger charge is -2.14. The van der Waals surface area contributed by atoms with Crippen LogP contribution in [0.1, 0.15) is 19.9 Å². The molecule has 0 atom stereocenters. The monoisotopic (exact) mass is 461 g/mol. The quantitative estimate of drug-likeness (QED) is 0.493. The largest absolute Gasteiger partial charge is 0.497 e. The van der Waals surface area contributed by atoms with Crippen LogP contribution in [0.2, 0.25) is 0 Å². The summed E-state index contributed by atoms with van der Waals surface area (Å²) in [5.41, 5.74) is 1.24. The average molecular weight is 462 g/mol. The van der Waals surface area contributed by atoms with E-state index in [9.17, 15) is 13.2 Å². The van der Waals surface area contributed by atoms with Gasteiger partial charge in [0.1, 0.15) is 5.75 Å². The summed E-state index contributed by atoms with van der Waals surface area (Å²) in [6, 6.07) is 13.4. The molecule has 11 heteroatoms. The Morgan fingerprint density at radius 3 is 2.52 bits per heavy atom. The lowest BCUT2D eigenvalue weighted by Crippen LogP contribution is -2.16. The summed E-state index contributed by atoms with van der Waals surface area (Å²) in [5, 5.41) is 17.0. The summed E-state index contributed by atoms with van der Waals surface area (Å²) in [6.45, 7) is 4.03. The third-order valence-corrected chi connectivity index (χ3v) is 6.16. The highest BCUT2D eigenvalue weighted by atomic mass is 32.2. The van der Waals surface area contributed by atoms with Crippen LogP contribution >= 0.6 is 11.8 Å². The number of rotatable bonds is 8. The van der Waals surface area contributed by atoms with Crippen LogP contribution in [0.25, 0.3) is 11.4 Å². The maximum absolute atomic E-state index is 12.4. The molecule has 0 unspecified atom stereocenters. The number of nitrogens with two attached hydrogens (primary N) is 1. The number of benzene rings is 2. The Morgan fingerprint density at radius 2 is 1.90 bits per heavy atom. The van der Waals surface area contributed by atoms with E-state index >= 15 is 0 Å². The molecule has 3 aromatic rings. The van der Waals surface area contributed by atoms with E-state index in [-0.39, 0.29) is 22.6 Å². The minimum Gasteiger partial charge on any atom is -0.497 e. The van der Waals surface area contributed by atoms with Gasteiger partial charge < -0.3 is 10.1 Å². The van der Waals surface area contributed by atoms with Crippen LogP contribution in [-0.2, 0) is 14.8 Å². The van der Waals surface area contributed by atoms with Crippen molar-refractivity contribution in [1.82, 2.24) is 14.8 Å². The zero-order chi connectivity index (χ0) is 22.6. The number of nitrogens with zero attached hydrogens (tertiary/aromatic N) is 3. The van der Waals surface area contributed by atoms with Crippen LogP contribution in [0, 0.1) is 0 Å². The van der Waals surface area contributed by atoms with Gasteiger partial charge in [0.15, 0.2) is 11.0 Å². The van der Waals surface area contributed by atoms with Crippen LogP contribution in [0.3, 0.4) is 0 Å². The average Bonchev–Trinajstić information content (AvgIpc) is 3.16. The van der Waals surface area contributed by atoms with Gasteiger partial charge in [-0.15, -0.1) is 10.2 Å². The lowest BCUT2D eigenvalue weighted by molar-refractivity contribution is -0.113. The molecule has 0 spiro atoms. The van der Waals surface area contributed by atoms with Crippen molar-refractivity contribution in [1.29, 1.82) is 0 Å². The lowest BCUT2D eigenvalue weighted by atomic mass is 10.2. The first kappa shape index (κ1) is 22.8. The number of thioether (sulfide) groups is 1. The number of methoxy groups -OCH3 is 1. The van der Waals surface area contributed by atoms with E-state index in [2.05, 4.69) is 15.5 Å². The molecule has 0 aliphatic heterocycles. The van der Waals surface area contributed by atoms with Crippen molar-refractivity contribution in [2.24, 2.45) is 5.14 Å². The molecule has 0 saturated carbocycles. The minimum absolute atomic E-state index is 0.0679. The Hall–Kier alpha value is -2.89. The maximum Gasteiger partial charge on any atom is 0.238 e. The molecule has 3 N–H and O–H groups in total. The van der Waals surface area contributed by atoms with Gasteiger partial charge in [-0.05, 0) is 56.3 Å². The molecule has 0 fully saturated rings. The van der Waals surface area contributed by atoms with Gasteiger partial charge in [0, 0.05) is 17.3 Å². The summed E-state index contributed by atoms with van der Waals surface area (Å²) in [5.74, 6) is 1.21. The number of aromatic nitrogens is 3. The third-order valence-electron chi connectivity index (χ3n) is 4.31. The molecular formula is C20H23N5O4S2. The van der Waals surface area contributed by atoms with E-state index in [0.29, 0.717) is 16.7 Å². The Morgan fingerprint density at radius 1 is 1.19 bits per heavy atom. The molecule has 1 aromatic heterocycles. The predicted molar refractivity (Wildman–Crippen MR) is 120 cm³/mol. The number of carbonyl (C=O) groups excluding carboxylic acids is 1. The van der Waals surface area contributed by atoms with E-state index in [1.54, 1.807) is 13.2 Å². The zero-order valence-corrected chi connectivity index (χ0v) is 18.9. The fraction of sp³-hybridized carbons (Fsp3) is 0.250. The molecule has 0 aliphatic carbocycles. The first-order valence-corrected chi connectivity index (χ1v) is 11.9. The highest BCUT2D eigenvalue weighted by Crippen LogP contribution is 2.29. The van der Waals surface area contributed by atoms with Crippen molar-refractivity contribution in [2.45, 2.75) is 29.9 Å². The van der Waals surface area contributed by atoms with E-state index in [1.807, 2.05) is 42.7 Å². The number of hydrogen-bond donors (Lipinski definition) is 2. The Labute approximate surface area is 185 Å². The number of anilines is 1. The van der Waals surface area contributed by atoms with Crippen molar-refractivity contribution < 1.29 is 17.9 Å². The van der Waals surface area contributed by atoms with E-state index < -0.39 is 10.0 Å². The molecule has 164 valence electrons. The van der Waals surface area contributed by atoms with Crippen molar-refractivity contribution >= 4 is 33.4 Å². The second-order valence-corrected chi connectivity index (χ2v) is 9.41. The van der Waals surface area contributed by atoms with Gasteiger partial charge in [-0.1, -0.05) is 17.8 Å². The number of ether oxygens (including phenoxy) is 1. The predicted octanol–water partition coefficient (Wildman–Crippen LogP) is 2.91. The van der Waals surface area contributed by atoms with E-state index in [0.717, 1.165) is 11.3 Å². The Kier molecular flexibility index (Phi) is 6.98. The molecule has 0 saturated heterocycles. The molecule has 3 rings (SSSR count). The molecule has 0 aliphatic rings. The second-order valence-electron chi connectivity index (χ2n) is 6.91. The fourth-order valence-electron chi connectivity index (χ4n) is 2.86. The van der Waals surface area contributed by atoms with Gasteiger partial charge in [0.05, 0.1) is 17.8 Å². The van der Waals surface area contributed by atoms with Crippen molar-refractivity contribution in [3.63, 3.8) is 0 Å². The van der Waals surface area contributed by atoms with Crippen LogP contribution in [0.4, 0.5) is 5.69 Å². The van der Waals surface area contributed by atoms with Gasteiger partial charge in [-0.25, -0.2) is 13.6 Å². The molecule has 1 heterocycles. The molecule has 1 amide bonds. The molecule has 0 bridgehead atoms. The van der Waals surface area contributed by atoms with Gasteiger partial charge in [0.2, 0.25) is 15.9 Å². The van der Waals surface area contributed by atoms with E-state index in [4.69, 9.17) is 9.88 Å². The van der Waals surface area contributed by atoms with Crippen LogP contribution < -0.4 is 15.2 Å². The van der Waals surface area contributed by atoms with Crippen LogP contribution in [0.5, 0.6) is 5.75 Å². The molecule has 0 radical (unpaired) electrons. The number of carbonyl (C=O) groups is 1. The normalized spacial score (nSPS) is 11.5. The number of sulfonamides is 1. The summed E-state index contributed by atoms with van der Waals surface area (Å²) in [6.07, 6.45) is 0. The molecule has 9 nitrogen and oxygen atoms in total. The Bertz CT molecular complexity index is 1170. The van der Waals surface area contributed by atoms with Gasteiger partial charge in [-0.3, -0.25) is 9.36 Å². The first-order chi connectivity index (χ1) is 14.7. The van der Waals surface area contributed by atoms with Gasteiger partial charge in [-0.2, -0.15) is 0 Å². The minimum atomic E-state index is -3.85. The summed E-state index contributed by atoms with van der Waals surface area (Å²) >= 11 is 1.25. The summed E-state index contributed by atoms with van der Waals surface area (Å²) in [4.78, 5) is 12.3. The van der Waals surface area contributed by atoms with Crippen molar-refractivity contribution in [2.75, 3.05) is 18.2 Å².